The second kappa shape index (κ2) is 9.33. The zero-order chi connectivity index (χ0) is 20.7. The molecular formula is C17H16N2O7S2. The van der Waals surface area contributed by atoms with Gasteiger partial charge in [0.1, 0.15) is 4.90 Å². The van der Waals surface area contributed by atoms with E-state index >= 15 is 0 Å². The smallest absolute Gasteiger partial charge is 0.367 e. The molecule has 9 nitrogen and oxygen atoms in total. The van der Waals surface area contributed by atoms with Gasteiger partial charge in [0, 0.05) is 17.0 Å². The molecule has 0 atom stereocenters. The van der Waals surface area contributed by atoms with Crippen LogP contribution in [0.3, 0.4) is 0 Å². The van der Waals surface area contributed by atoms with Crippen molar-refractivity contribution < 1.29 is 27.2 Å². The Bertz CT molecular complexity index is 985. The van der Waals surface area contributed by atoms with Crippen LogP contribution in [0.4, 0.5) is 5.69 Å². The van der Waals surface area contributed by atoms with Crippen molar-refractivity contribution in [1.82, 2.24) is 0 Å². The Morgan fingerprint density at radius 1 is 1.14 bits per heavy atom. The Morgan fingerprint density at radius 3 is 2.29 bits per heavy atom. The van der Waals surface area contributed by atoms with Crippen LogP contribution in [-0.4, -0.2) is 31.0 Å². The minimum Gasteiger partial charge on any atom is -0.461 e. The topological polar surface area (TPSA) is 125 Å². The molecule has 0 aliphatic heterocycles. The fraction of sp³-hybridized carbons (Fsp3) is 0.176. The average Bonchev–Trinajstić information content (AvgIpc) is 2.66. The van der Waals surface area contributed by atoms with Crippen molar-refractivity contribution in [3.8, 4) is 0 Å². The number of benzene rings is 2. The first-order valence-corrected chi connectivity index (χ1v) is 10.1. The molecule has 0 amide bonds. The molecule has 11 heteroatoms. The van der Waals surface area contributed by atoms with Crippen LogP contribution in [0.2, 0.25) is 0 Å². The molecule has 0 saturated carbocycles. The number of carbonyl (C=O) groups excluding carboxylic acids is 1. The van der Waals surface area contributed by atoms with Gasteiger partial charge in [-0.3, -0.25) is 14.4 Å². The summed E-state index contributed by atoms with van der Waals surface area (Å²) in [6.45, 7) is 3.43. The highest BCUT2D eigenvalue weighted by Gasteiger charge is 2.21. The van der Waals surface area contributed by atoms with Crippen LogP contribution in [0.25, 0.3) is 0 Å². The van der Waals surface area contributed by atoms with Crippen molar-refractivity contribution in [3.05, 3.63) is 64.2 Å². The molecule has 0 spiro atoms. The first-order valence-electron chi connectivity index (χ1n) is 7.90. The second-order valence-electron chi connectivity index (χ2n) is 5.31. The largest absolute Gasteiger partial charge is 0.461 e. The Balaban J connectivity index is 2.25. The highest BCUT2D eigenvalue weighted by Crippen LogP contribution is 2.24. The number of non-ortho nitro benzene ring substituents is 1. The lowest BCUT2D eigenvalue weighted by Gasteiger charge is -2.06. The summed E-state index contributed by atoms with van der Waals surface area (Å²) in [6, 6.07) is 11.2. The van der Waals surface area contributed by atoms with Gasteiger partial charge in [0.05, 0.1) is 11.5 Å². The standard InChI is InChI=1S/C17H16N2O7S2/c1-3-25-17(20)16(27-14-8-6-13(7-9-14)19(21)22)18-26-28(23,24)15-10-4-12(2)5-11-15/h4-11H,3H2,1-2H3/b18-16-. The van der Waals surface area contributed by atoms with Gasteiger partial charge in [0.15, 0.2) is 0 Å². The third-order valence-electron chi connectivity index (χ3n) is 3.24. The Morgan fingerprint density at radius 2 is 1.75 bits per heavy atom. The molecule has 0 aliphatic rings. The second-order valence-corrected chi connectivity index (χ2v) is 7.90. The molecule has 2 rings (SSSR count). The number of esters is 1. The summed E-state index contributed by atoms with van der Waals surface area (Å²) in [7, 11) is -4.23. The molecule has 0 heterocycles. The van der Waals surface area contributed by atoms with E-state index in [1.807, 2.05) is 0 Å². The summed E-state index contributed by atoms with van der Waals surface area (Å²) >= 11 is 0.759. The van der Waals surface area contributed by atoms with E-state index in [0.29, 0.717) is 4.90 Å². The lowest BCUT2D eigenvalue weighted by Crippen LogP contribution is -2.16. The summed E-state index contributed by atoms with van der Waals surface area (Å²) in [5.74, 6) is -0.884. The molecule has 0 unspecified atom stereocenters. The highest BCUT2D eigenvalue weighted by atomic mass is 32.2. The molecule has 0 N–H and O–H groups in total. The van der Waals surface area contributed by atoms with Crippen LogP contribution in [-0.2, 0) is 23.9 Å². The number of carbonyl (C=O) groups is 1. The van der Waals surface area contributed by atoms with Crippen LogP contribution in [0.5, 0.6) is 0 Å². The van der Waals surface area contributed by atoms with Crippen molar-refractivity contribution in [2.24, 2.45) is 5.16 Å². The van der Waals surface area contributed by atoms with Crippen LogP contribution in [0, 0.1) is 17.0 Å². The van der Waals surface area contributed by atoms with E-state index in [1.54, 1.807) is 26.0 Å². The molecule has 0 aliphatic carbocycles. The maximum atomic E-state index is 12.2. The van der Waals surface area contributed by atoms with E-state index in [9.17, 15) is 23.3 Å². The van der Waals surface area contributed by atoms with E-state index in [0.717, 1.165) is 17.3 Å². The SMILES string of the molecule is CCOC(=O)/C(=N/OS(=O)(=O)c1ccc(C)cc1)Sc1ccc([N+](=O)[O-])cc1. The van der Waals surface area contributed by atoms with Gasteiger partial charge in [-0.05, 0) is 38.1 Å². The molecule has 2 aromatic carbocycles. The molecule has 0 fully saturated rings. The molecule has 2 aromatic rings. The highest BCUT2D eigenvalue weighted by molar-refractivity contribution is 8.15. The summed E-state index contributed by atoms with van der Waals surface area (Å²) in [6.07, 6.45) is 0. The Labute approximate surface area is 165 Å². The van der Waals surface area contributed by atoms with Crippen LogP contribution < -0.4 is 0 Å². The molecule has 148 valence electrons. The third-order valence-corrected chi connectivity index (χ3v) is 5.30. The first kappa shape index (κ1) is 21.4. The molecular weight excluding hydrogens is 408 g/mol. The molecule has 28 heavy (non-hydrogen) atoms. The first-order chi connectivity index (χ1) is 13.2. The van der Waals surface area contributed by atoms with E-state index in [-0.39, 0.29) is 22.2 Å². The number of nitro benzene ring substituents is 1. The fourth-order valence-electron chi connectivity index (χ4n) is 1.87. The van der Waals surface area contributed by atoms with Gasteiger partial charge in [-0.25, -0.2) is 4.79 Å². The number of hydrogen-bond acceptors (Lipinski definition) is 9. The van der Waals surface area contributed by atoms with E-state index in [4.69, 9.17) is 4.74 Å². The van der Waals surface area contributed by atoms with Crippen molar-refractivity contribution in [2.45, 2.75) is 23.6 Å². The van der Waals surface area contributed by atoms with Crippen molar-refractivity contribution in [3.63, 3.8) is 0 Å². The van der Waals surface area contributed by atoms with Crippen molar-refractivity contribution >= 4 is 38.6 Å². The Kier molecular flexibility index (Phi) is 7.12. The minimum atomic E-state index is -4.23. The van der Waals surface area contributed by atoms with Crippen molar-refractivity contribution in [1.29, 1.82) is 0 Å². The van der Waals surface area contributed by atoms with Gasteiger partial charge < -0.3 is 4.74 Å². The number of nitrogens with zero attached hydrogens (tertiary/aromatic N) is 2. The summed E-state index contributed by atoms with van der Waals surface area (Å²) < 4.78 is 34.0. The van der Waals surface area contributed by atoms with Gasteiger partial charge in [0.25, 0.3) is 5.69 Å². The van der Waals surface area contributed by atoms with E-state index < -0.39 is 21.0 Å². The number of aryl methyl sites for hydroxylation is 1. The quantitative estimate of drug-likeness (QED) is 0.173. The van der Waals surface area contributed by atoms with Crippen LogP contribution in [0.15, 0.2) is 63.5 Å². The molecule has 0 saturated heterocycles. The van der Waals surface area contributed by atoms with Gasteiger partial charge in [-0.15, -0.1) is 0 Å². The average molecular weight is 424 g/mol. The number of nitro groups is 1. The zero-order valence-electron chi connectivity index (χ0n) is 14.9. The van der Waals surface area contributed by atoms with Gasteiger partial charge in [0.2, 0.25) is 5.04 Å². The lowest BCUT2D eigenvalue weighted by atomic mass is 10.2. The van der Waals surface area contributed by atoms with E-state index in [1.165, 1.54) is 36.4 Å². The number of hydrogen-bond donors (Lipinski definition) is 0. The van der Waals surface area contributed by atoms with Gasteiger partial charge in [-0.2, -0.15) is 8.42 Å². The maximum Gasteiger partial charge on any atom is 0.367 e. The summed E-state index contributed by atoms with van der Waals surface area (Å²) in [4.78, 5) is 22.5. The number of thioether (sulfide) groups is 1. The minimum absolute atomic E-state index is 0.0450. The third kappa shape index (κ3) is 5.79. The maximum absolute atomic E-state index is 12.2. The normalized spacial score (nSPS) is 11.7. The number of ether oxygens (including phenoxy) is 1. The van der Waals surface area contributed by atoms with Gasteiger partial charge >= 0.3 is 16.1 Å². The Hall–Kier alpha value is -2.92. The van der Waals surface area contributed by atoms with Crippen molar-refractivity contribution in [2.75, 3.05) is 6.61 Å². The summed E-state index contributed by atoms with van der Waals surface area (Å²) in [5, 5.41) is 13.8. The fourth-order valence-corrected chi connectivity index (χ4v) is 3.36. The lowest BCUT2D eigenvalue weighted by molar-refractivity contribution is -0.384. The molecule has 0 aromatic heterocycles. The predicted molar refractivity (Wildman–Crippen MR) is 102 cm³/mol. The van der Waals surface area contributed by atoms with Crippen LogP contribution in [0.1, 0.15) is 12.5 Å². The molecule has 0 radical (unpaired) electrons. The predicted octanol–water partition coefficient (Wildman–Crippen LogP) is 3.28. The summed E-state index contributed by atoms with van der Waals surface area (Å²) in [5.41, 5.74) is 0.737. The van der Waals surface area contributed by atoms with Gasteiger partial charge in [-0.1, -0.05) is 34.6 Å². The zero-order valence-corrected chi connectivity index (χ0v) is 16.5. The monoisotopic (exact) mass is 424 g/mol. The molecule has 0 bridgehead atoms. The number of oxime groups is 1. The van der Waals surface area contributed by atoms with E-state index in [2.05, 4.69) is 9.44 Å². The number of rotatable bonds is 6. The van der Waals surface area contributed by atoms with Crippen LogP contribution >= 0.6 is 11.8 Å².